The van der Waals surface area contributed by atoms with E-state index < -0.39 is 11.8 Å². The van der Waals surface area contributed by atoms with Gasteiger partial charge < -0.3 is 9.84 Å². The number of rotatable bonds is 1. The molecular formula is C5H10O3Re. The van der Waals surface area contributed by atoms with Gasteiger partial charge in [0.2, 0.25) is 5.79 Å². The average molecular weight is 304 g/mol. The third-order valence-corrected chi connectivity index (χ3v) is 0.393. The van der Waals surface area contributed by atoms with Gasteiger partial charge in [0.05, 0.1) is 0 Å². The summed E-state index contributed by atoms with van der Waals surface area (Å²) in [6, 6.07) is 0. The van der Waals surface area contributed by atoms with E-state index in [1.807, 2.05) is 0 Å². The van der Waals surface area contributed by atoms with E-state index in [1.165, 1.54) is 20.8 Å². The summed E-state index contributed by atoms with van der Waals surface area (Å²) in [5.41, 5.74) is 0. The molecule has 3 nitrogen and oxygen atoms in total. The Morgan fingerprint density at radius 2 is 1.89 bits per heavy atom. The molecule has 9 heavy (non-hydrogen) atoms. The van der Waals surface area contributed by atoms with Crippen molar-refractivity contribution in [2.24, 2.45) is 0 Å². The summed E-state index contributed by atoms with van der Waals surface area (Å²) >= 11 is 0. The maximum atomic E-state index is 10.1. The Bertz CT molecular complexity index is 94.9. The van der Waals surface area contributed by atoms with Crippen molar-refractivity contribution < 1.29 is 35.1 Å². The van der Waals surface area contributed by atoms with E-state index in [0.717, 1.165) is 0 Å². The third-order valence-electron chi connectivity index (χ3n) is 0.393. The smallest absolute Gasteiger partial charge is 0.305 e. The van der Waals surface area contributed by atoms with Crippen LogP contribution >= 0.6 is 0 Å². The van der Waals surface area contributed by atoms with Crippen LogP contribution in [0, 0.1) is 0 Å². The van der Waals surface area contributed by atoms with Crippen molar-refractivity contribution in [1.82, 2.24) is 0 Å². The molecule has 55 valence electrons. The minimum atomic E-state index is -1.33. The van der Waals surface area contributed by atoms with Crippen molar-refractivity contribution >= 4 is 5.97 Å². The quantitative estimate of drug-likeness (QED) is 0.559. The third kappa shape index (κ3) is 11.6. The molecule has 0 fully saturated rings. The zero-order valence-corrected chi connectivity index (χ0v) is 8.36. The number of ether oxygens (including phenoxy) is 1. The Labute approximate surface area is 68.0 Å². The van der Waals surface area contributed by atoms with Crippen LogP contribution in [0.3, 0.4) is 0 Å². The minimum absolute atomic E-state index is 0. The van der Waals surface area contributed by atoms with Gasteiger partial charge in [0, 0.05) is 41.2 Å². The molecule has 0 unspecified atom stereocenters. The van der Waals surface area contributed by atoms with Gasteiger partial charge in [-0.2, -0.15) is 0 Å². The van der Waals surface area contributed by atoms with E-state index in [9.17, 15) is 4.79 Å². The van der Waals surface area contributed by atoms with Crippen LogP contribution in [-0.4, -0.2) is 16.9 Å². The molecule has 0 saturated heterocycles. The van der Waals surface area contributed by atoms with Gasteiger partial charge in [-0.05, 0) is 0 Å². The average Bonchev–Trinajstić information content (AvgIpc) is 1.21. The van der Waals surface area contributed by atoms with Gasteiger partial charge in [0.1, 0.15) is 0 Å². The van der Waals surface area contributed by atoms with E-state index in [4.69, 9.17) is 5.11 Å². The second-order valence-corrected chi connectivity index (χ2v) is 2.04. The SMILES string of the molecule is CC(=O)OC(C)(C)O.[Re]. The second kappa shape index (κ2) is 4.00. The number of carbonyl (C=O) groups is 1. The largest absolute Gasteiger partial charge is 0.434 e. The molecule has 0 aromatic rings. The van der Waals surface area contributed by atoms with Crippen molar-refractivity contribution in [3.8, 4) is 0 Å². The molecular weight excluding hydrogens is 294 g/mol. The Balaban J connectivity index is 0. The monoisotopic (exact) mass is 305 g/mol. The Hall–Kier alpha value is 0.0923. The van der Waals surface area contributed by atoms with Crippen molar-refractivity contribution in [1.29, 1.82) is 0 Å². The number of aliphatic hydroxyl groups is 1. The van der Waals surface area contributed by atoms with Gasteiger partial charge in [-0.3, -0.25) is 4.79 Å². The van der Waals surface area contributed by atoms with Crippen LogP contribution in [0.5, 0.6) is 0 Å². The number of hydrogen-bond acceptors (Lipinski definition) is 3. The fraction of sp³-hybridized carbons (Fsp3) is 0.800. The number of hydrogen-bond donors (Lipinski definition) is 1. The predicted molar refractivity (Wildman–Crippen MR) is 28.1 cm³/mol. The van der Waals surface area contributed by atoms with Crippen molar-refractivity contribution in [3.05, 3.63) is 0 Å². The Morgan fingerprint density at radius 3 is 1.89 bits per heavy atom. The molecule has 1 radical (unpaired) electrons. The fourth-order valence-corrected chi connectivity index (χ4v) is 0.352. The van der Waals surface area contributed by atoms with Crippen LogP contribution in [0.25, 0.3) is 0 Å². The van der Waals surface area contributed by atoms with Crippen molar-refractivity contribution in [2.45, 2.75) is 26.6 Å². The van der Waals surface area contributed by atoms with Crippen molar-refractivity contribution in [3.63, 3.8) is 0 Å². The van der Waals surface area contributed by atoms with Gasteiger partial charge in [0.15, 0.2) is 0 Å². The van der Waals surface area contributed by atoms with E-state index in [0.29, 0.717) is 0 Å². The zero-order chi connectivity index (χ0) is 6.78. The second-order valence-electron chi connectivity index (χ2n) is 2.04. The molecule has 0 aromatic heterocycles. The summed E-state index contributed by atoms with van der Waals surface area (Å²) < 4.78 is 4.35. The van der Waals surface area contributed by atoms with Crippen LogP contribution in [-0.2, 0) is 30.0 Å². The molecule has 0 rings (SSSR count). The fourth-order valence-electron chi connectivity index (χ4n) is 0.352. The summed E-state index contributed by atoms with van der Waals surface area (Å²) in [5, 5.41) is 8.75. The molecule has 1 N–H and O–H groups in total. The summed E-state index contributed by atoms with van der Waals surface area (Å²) in [7, 11) is 0. The molecule has 0 amide bonds. The molecule has 0 saturated carbocycles. The molecule has 0 bridgehead atoms. The summed E-state index contributed by atoms with van der Waals surface area (Å²) in [4.78, 5) is 10.1. The van der Waals surface area contributed by atoms with E-state index in [1.54, 1.807) is 0 Å². The molecule has 0 aliphatic carbocycles. The first-order valence-electron chi connectivity index (χ1n) is 2.34. The first-order chi connectivity index (χ1) is 3.42. The summed E-state index contributed by atoms with van der Waals surface area (Å²) in [6.45, 7) is 4.04. The molecule has 0 aromatic carbocycles. The van der Waals surface area contributed by atoms with Crippen molar-refractivity contribution in [2.75, 3.05) is 0 Å². The number of carbonyl (C=O) groups excluding carboxylic acids is 1. The van der Waals surface area contributed by atoms with Gasteiger partial charge in [-0.1, -0.05) is 0 Å². The number of esters is 1. The first-order valence-corrected chi connectivity index (χ1v) is 2.34. The molecule has 0 spiro atoms. The van der Waals surface area contributed by atoms with E-state index >= 15 is 0 Å². The minimum Gasteiger partial charge on any atom is -0.434 e. The van der Waals surface area contributed by atoms with Gasteiger partial charge >= 0.3 is 5.97 Å². The van der Waals surface area contributed by atoms with E-state index in [-0.39, 0.29) is 20.4 Å². The first kappa shape index (κ1) is 11.8. The van der Waals surface area contributed by atoms with Gasteiger partial charge in [0.25, 0.3) is 0 Å². The molecule has 0 aliphatic rings. The van der Waals surface area contributed by atoms with Crippen LogP contribution in [0.2, 0.25) is 0 Å². The zero-order valence-electron chi connectivity index (χ0n) is 5.64. The molecule has 4 heteroatoms. The predicted octanol–water partition coefficient (Wildman–Crippen LogP) is 0.275. The maximum absolute atomic E-state index is 10.1. The van der Waals surface area contributed by atoms with Crippen LogP contribution in [0.1, 0.15) is 20.8 Å². The van der Waals surface area contributed by atoms with Gasteiger partial charge in [-0.15, -0.1) is 0 Å². The molecule has 0 atom stereocenters. The van der Waals surface area contributed by atoms with E-state index in [2.05, 4.69) is 4.74 Å². The normalized spacial score (nSPS) is 9.78. The maximum Gasteiger partial charge on any atom is 0.305 e. The Kier molecular flexibility index (Phi) is 5.26. The standard InChI is InChI=1S/C5H10O3.Re/c1-4(6)8-5(2,3)7;/h7H,1-3H3;. The Morgan fingerprint density at radius 1 is 1.56 bits per heavy atom. The summed E-state index contributed by atoms with van der Waals surface area (Å²) in [6.07, 6.45) is 0. The van der Waals surface area contributed by atoms with Crippen LogP contribution in [0.15, 0.2) is 0 Å². The van der Waals surface area contributed by atoms with Crippen LogP contribution in [0.4, 0.5) is 0 Å². The molecule has 0 heterocycles. The van der Waals surface area contributed by atoms with Crippen LogP contribution < -0.4 is 0 Å². The summed E-state index contributed by atoms with van der Waals surface area (Å²) in [5.74, 6) is -1.80. The molecule has 0 aliphatic heterocycles. The topological polar surface area (TPSA) is 46.5 Å². The van der Waals surface area contributed by atoms with Gasteiger partial charge in [-0.25, -0.2) is 0 Å².